The molecule has 142 valence electrons. The van der Waals surface area contributed by atoms with Gasteiger partial charge >= 0.3 is 12.3 Å². The Morgan fingerprint density at radius 3 is 2.35 bits per heavy atom. The van der Waals surface area contributed by atoms with Crippen LogP contribution in [0.2, 0.25) is 0 Å². The summed E-state index contributed by atoms with van der Waals surface area (Å²) in [6.07, 6.45) is 6.34. The molecule has 0 saturated heterocycles. The van der Waals surface area contributed by atoms with E-state index in [-0.39, 0.29) is 12.5 Å². The summed E-state index contributed by atoms with van der Waals surface area (Å²) in [7, 11) is 0. The first kappa shape index (κ1) is 21.8. The van der Waals surface area contributed by atoms with Crippen LogP contribution >= 0.6 is 0 Å². The molecule has 0 heterocycles. The first-order valence-electron chi connectivity index (χ1n) is 9.27. The Bertz CT molecular complexity index is 593. The molecule has 26 heavy (non-hydrogen) atoms. The zero-order valence-corrected chi connectivity index (χ0v) is 16.3. The van der Waals surface area contributed by atoms with E-state index >= 15 is 0 Å². The Balaban J connectivity index is 2.47. The summed E-state index contributed by atoms with van der Waals surface area (Å²) in [5.41, 5.74) is 0.131. The average Bonchev–Trinajstić information content (AvgIpc) is 2.63. The highest BCUT2D eigenvalue weighted by molar-refractivity contribution is 5.87. The monoisotopic (exact) mass is 360 g/mol. The van der Waals surface area contributed by atoms with E-state index in [0.29, 0.717) is 17.9 Å². The van der Waals surface area contributed by atoms with Gasteiger partial charge in [0, 0.05) is 24.1 Å². The van der Waals surface area contributed by atoms with Crippen LogP contribution < -0.4 is 5.32 Å². The number of ether oxygens (including phenoxy) is 1. The molecule has 0 saturated carbocycles. The molecule has 1 amide bonds. The van der Waals surface area contributed by atoms with Gasteiger partial charge < -0.3 is 10.1 Å². The second-order valence-electron chi connectivity index (χ2n) is 7.15. The molecule has 1 unspecified atom stereocenters. The molecule has 1 aromatic carbocycles. The number of amides is 1. The Hall–Kier alpha value is -2.26. The Labute approximate surface area is 156 Å². The van der Waals surface area contributed by atoms with Gasteiger partial charge in [-0.2, -0.15) is 0 Å². The van der Waals surface area contributed by atoms with E-state index in [1.54, 1.807) is 44.4 Å². The Morgan fingerprint density at radius 2 is 1.81 bits per heavy atom. The van der Waals surface area contributed by atoms with Crippen molar-refractivity contribution in [3.63, 3.8) is 0 Å². The molecule has 0 aliphatic rings. The molecule has 0 bridgehead atoms. The summed E-state index contributed by atoms with van der Waals surface area (Å²) in [5, 5.41) is 2.77. The lowest BCUT2D eigenvalue weighted by atomic mass is 9.95. The molecule has 0 aromatic heterocycles. The Kier molecular flexibility index (Phi) is 8.94. The van der Waals surface area contributed by atoms with Gasteiger partial charge in [0.05, 0.1) is 12.1 Å². The van der Waals surface area contributed by atoms with Crippen molar-refractivity contribution in [3.8, 4) is 0 Å². The van der Waals surface area contributed by atoms with Gasteiger partial charge in [0.2, 0.25) is 11.5 Å². The third kappa shape index (κ3) is 7.32. The molecule has 0 radical (unpaired) electrons. The van der Waals surface area contributed by atoms with Crippen LogP contribution in [0.5, 0.6) is 0 Å². The van der Waals surface area contributed by atoms with Crippen LogP contribution in [-0.2, 0) is 25.7 Å². The molecular formula is C21H30NO4+. The topological polar surface area (TPSA) is 72.5 Å². The van der Waals surface area contributed by atoms with Crippen LogP contribution in [0.1, 0.15) is 70.9 Å². The van der Waals surface area contributed by atoms with Crippen LogP contribution in [0.15, 0.2) is 24.3 Å². The summed E-state index contributed by atoms with van der Waals surface area (Å²) in [5.74, 6) is -0.0720. The van der Waals surface area contributed by atoms with Crippen molar-refractivity contribution in [1.29, 1.82) is 0 Å². The number of hydrogen-bond donors (Lipinski definition) is 1. The quantitative estimate of drug-likeness (QED) is 0.482. The fourth-order valence-electron chi connectivity index (χ4n) is 2.76. The van der Waals surface area contributed by atoms with Gasteiger partial charge in [-0.25, -0.2) is 4.79 Å². The highest BCUT2D eigenvalue weighted by Crippen LogP contribution is 2.17. The fourth-order valence-corrected chi connectivity index (χ4v) is 2.76. The average molecular weight is 360 g/mol. The van der Waals surface area contributed by atoms with Crippen molar-refractivity contribution >= 4 is 18.2 Å². The standard InChI is InChI=1S/C21H29NO4/c1-5-7-16(6-2)12-13-19(24)22-21(3,4)20(25)26-15-18-10-8-17(14-23)9-11-18/h8-11,16H,5-7,12-13,15H2,1-4H3/p+1. The van der Waals surface area contributed by atoms with Gasteiger partial charge in [-0.05, 0) is 26.2 Å². The lowest BCUT2D eigenvalue weighted by molar-refractivity contribution is -0.153. The summed E-state index contributed by atoms with van der Waals surface area (Å²) >= 11 is 0. The summed E-state index contributed by atoms with van der Waals surface area (Å²) in [6, 6.07) is 6.64. The number of carbonyl (C=O) groups excluding carboxylic acids is 3. The zero-order valence-electron chi connectivity index (χ0n) is 16.3. The molecule has 1 aromatic rings. The van der Waals surface area contributed by atoms with Gasteiger partial charge in [-0.15, -0.1) is 4.79 Å². The first-order chi connectivity index (χ1) is 12.3. The van der Waals surface area contributed by atoms with E-state index in [1.165, 1.54) is 0 Å². The van der Waals surface area contributed by atoms with Crippen LogP contribution in [0.25, 0.3) is 0 Å². The van der Waals surface area contributed by atoms with E-state index < -0.39 is 11.5 Å². The van der Waals surface area contributed by atoms with Crippen LogP contribution in [0.4, 0.5) is 0 Å². The Morgan fingerprint density at radius 1 is 1.15 bits per heavy atom. The summed E-state index contributed by atoms with van der Waals surface area (Å²) in [6.45, 7) is 7.65. The minimum Gasteiger partial charge on any atom is -0.459 e. The molecule has 0 fully saturated rings. The van der Waals surface area contributed by atoms with Crippen LogP contribution in [-0.4, -0.2) is 23.7 Å². The van der Waals surface area contributed by atoms with Crippen LogP contribution in [0.3, 0.4) is 0 Å². The normalized spacial score (nSPS) is 12.2. The van der Waals surface area contributed by atoms with E-state index in [1.807, 2.05) is 0 Å². The van der Waals surface area contributed by atoms with E-state index in [0.717, 1.165) is 31.2 Å². The van der Waals surface area contributed by atoms with Gasteiger partial charge in [0.1, 0.15) is 12.1 Å². The predicted molar refractivity (Wildman–Crippen MR) is 101 cm³/mol. The fraction of sp³-hybridized carbons (Fsp3) is 0.571. The molecule has 0 spiro atoms. The SMILES string of the molecule is CCCC(CC)CCC(=O)NC(C)(C)C(=O)OCc1ccc([C+]=O)cc1. The van der Waals surface area contributed by atoms with E-state index in [4.69, 9.17) is 4.74 Å². The van der Waals surface area contributed by atoms with E-state index in [9.17, 15) is 14.4 Å². The van der Waals surface area contributed by atoms with Gasteiger partial charge in [-0.3, -0.25) is 4.79 Å². The molecule has 5 heteroatoms. The number of esters is 1. The highest BCUT2D eigenvalue weighted by atomic mass is 16.5. The van der Waals surface area contributed by atoms with Crippen molar-refractivity contribution in [1.82, 2.24) is 5.32 Å². The summed E-state index contributed by atoms with van der Waals surface area (Å²) in [4.78, 5) is 35.0. The number of benzene rings is 1. The number of rotatable bonds is 11. The maximum absolute atomic E-state index is 12.3. The molecule has 0 aliphatic heterocycles. The minimum atomic E-state index is -1.08. The van der Waals surface area contributed by atoms with Gasteiger partial charge in [-0.1, -0.05) is 33.1 Å². The first-order valence-corrected chi connectivity index (χ1v) is 9.27. The summed E-state index contributed by atoms with van der Waals surface area (Å²) < 4.78 is 5.30. The third-order valence-corrected chi connectivity index (χ3v) is 4.46. The largest absolute Gasteiger partial charge is 0.459 e. The van der Waals surface area contributed by atoms with E-state index in [2.05, 4.69) is 19.2 Å². The number of hydrogen-bond acceptors (Lipinski definition) is 4. The lowest BCUT2D eigenvalue weighted by Gasteiger charge is -2.24. The third-order valence-electron chi connectivity index (χ3n) is 4.46. The number of carbonyl (C=O) groups is 2. The molecule has 1 rings (SSSR count). The second-order valence-corrected chi connectivity index (χ2v) is 7.15. The maximum atomic E-state index is 12.3. The lowest BCUT2D eigenvalue weighted by Crippen LogP contribution is -2.50. The minimum absolute atomic E-state index is 0.0890. The van der Waals surface area contributed by atoms with Crippen molar-refractivity contribution in [3.05, 3.63) is 35.4 Å². The van der Waals surface area contributed by atoms with Crippen molar-refractivity contribution in [2.75, 3.05) is 0 Å². The zero-order chi connectivity index (χ0) is 19.6. The molecule has 5 nitrogen and oxygen atoms in total. The van der Waals surface area contributed by atoms with Crippen molar-refractivity contribution in [2.24, 2.45) is 5.92 Å². The predicted octanol–water partition coefficient (Wildman–Crippen LogP) is 3.69. The molecule has 0 aliphatic carbocycles. The van der Waals surface area contributed by atoms with Crippen LogP contribution in [0, 0.1) is 5.92 Å². The second kappa shape index (κ2) is 10.7. The maximum Gasteiger partial charge on any atom is 0.331 e. The highest BCUT2D eigenvalue weighted by Gasteiger charge is 2.31. The van der Waals surface area contributed by atoms with Crippen molar-refractivity contribution in [2.45, 2.75) is 71.9 Å². The molecule has 1 N–H and O–H groups in total. The van der Waals surface area contributed by atoms with Gasteiger partial charge in [0.25, 0.3) is 0 Å². The number of nitrogens with one attached hydrogen (secondary N) is 1. The van der Waals surface area contributed by atoms with Crippen molar-refractivity contribution < 1.29 is 19.1 Å². The van der Waals surface area contributed by atoms with Gasteiger partial charge in [0.15, 0.2) is 0 Å². The smallest absolute Gasteiger partial charge is 0.331 e. The molecular weight excluding hydrogens is 330 g/mol. The molecule has 1 atom stereocenters.